The zero-order valence-electron chi connectivity index (χ0n) is 8.97. The van der Waals surface area contributed by atoms with E-state index in [-0.39, 0.29) is 5.69 Å². The number of non-ortho nitro benzene ring substituents is 1. The summed E-state index contributed by atoms with van der Waals surface area (Å²) in [6.45, 7) is 0. The normalized spacial score (nSPS) is 10.3. The van der Waals surface area contributed by atoms with Crippen molar-refractivity contribution in [3.05, 3.63) is 62.6 Å². The van der Waals surface area contributed by atoms with Crippen molar-refractivity contribution in [1.82, 2.24) is 0 Å². The van der Waals surface area contributed by atoms with Gasteiger partial charge in [-0.15, -0.1) is 0 Å². The van der Waals surface area contributed by atoms with Crippen LogP contribution in [0, 0.1) is 10.1 Å². The fourth-order valence-electron chi connectivity index (χ4n) is 1.34. The largest absolute Gasteiger partial charge is 0.270 e. The van der Waals surface area contributed by atoms with Gasteiger partial charge in [0.05, 0.1) is 9.95 Å². The molecule has 0 atom stereocenters. The second kappa shape index (κ2) is 5.61. The molecule has 2 rings (SSSR count). The maximum atomic E-state index is 10.6. The number of nitro groups is 1. The van der Waals surface area contributed by atoms with Crippen LogP contribution in [0.4, 0.5) is 5.69 Å². The van der Waals surface area contributed by atoms with Gasteiger partial charge in [-0.1, -0.05) is 41.0 Å². The summed E-state index contributed by atoms with van der Waals surface area (Å²) in [7, 11) is 0. The van der Waals surface area contributed by atoms with Gasteiger partial charge in [-0.2, -0.15) is 0 Å². The number of rotatable bonds is 3. The molecule has 18 heavy (non-hydrogen) atoms. The Morgan fingerprint density at radius 2 is 1.89 bits per heavy atom. The molecule has 0 bridgehead atoms. The second-order valence-electron chi connectivity index (χ2n) is 3.43. The molecule has 0 saturated heterocycles. The van der Waals surface area contributed by atoms with Crippen LogP contribution in [0.2, 0.25) is 10.0 Å². The second-order valence-corrected chi connectivity index (χ2v) is 5.39. The van der Waals surface area contributed by atoms with Crippen molar-refractivity contribution in [2.45, 2.75) is 9.79 Å². The van der Waals surface area contributed by atoms with E-state index in [0.717, 1.165) is 9.79 Å². The summed E-state index contributed by atoms with van der Waals surface area (Å²) < 4.78 is 0. The minimum Gasteiger partial charge on any atom is -0.258 e. The topological polar surface area (TPSA) is 43.1 Å². The van der Waals surface area contributed by atoms with E-state index in [1.807, 2.05) is 18.2 Å². The van der Waals surface area contributed by atoms with Crippen LogP contribution in [0.1, 0.15) is 0 Å². The van der Waals surface area contributed by atoms with Crippen LogP contribution in [-0.2, 0) is 0 Å². The summed E-state index contributed by atoms with van der Waals surface area (Å²) in [4.78, 5) is 11.8. The summed E-state index contributed by atoms with van der Waals surface area (Å²) in [5.74, 6) is 0. The molecule has 0 aromatic heterocycles. The zero-order chi connectivity index (χ0) is 13.1. The number of nitrogens with zero attached hydrogens (tertiary/aromatic N) is 1. The van der Waals surface area contributed by atoms with E-state index in [1.165, 1.54) is 23.9 Å². The van der Waals surface area contributed by atoms with Crippen LogP contribution in [0.15, 0.2) is 52.3 Å². The molecule has 0 spiro atoms. The average Bonchev–Trinajstić information content (AvgIpc) is 2.31. The van der Waals surface area contributed by atoms with Crippen molar-refractivity contribution in [2.75, 3.05) is 0 Å². The lowest BCUT2D eigenvalue weighted by Crippen LogP contribution is -1.87. The highest BCUT2D eigenvalue weighted by Gasteiger charge is 2.10. The van der Waals surface area contributed by atoms with Gasteiger partial charge in [-0.05, 0) is 24.3 Å². The van der Waals surface area contributed by atoms with Crippen LogP contribution in [-0.4, -0.2) is 4.92 Å². The lowest BCUT2D eigenvalue weighted by molar-refractivity contribution is -0.384. The maximum absolute atomic E-state index is 10.6. The van der Waals surface area contributed by atoms with Crippen LogP contribution in [0.5, 0.6) is 0 Å². The van der Waals surface area contributed by atoms with Gasteiger partial charge in [-0.3, -0.25) is 10.1 Å². The van der Waals surface area contributed by atoms with Crippen LogP contribution >= 0.6 is 35.0 Å². The Balaban J connectivity index is 2.27. The highest BCUT2D eigenvalue weighted by Crippen LogP contribution is 2.35. The molecule has 92 valence electrons. The Bertz CT molecular complexity index is 604. The molecule has 0 radical (unpaired) electrons. The van der Waals surface area contributed by atoms with Gasteiger partial charge in [0.2, 0.25) is 0 Å². The number of hydrogen-bond acceptors (Lipinski definition) is 3. The summed E-state index contributed by atoms with van der Waals surface area (Å²) in [6, 6.07) is 11.7. The molecule has 0 amide bonds. The van der Waals surface area contributed by atoms with Crippen LogP contribution in [0.25, 0.3) is 0 Å². The summed E-state index contributed by atoms with van der Waals surface area (Å²) >= 11 is 13.3. The Kier molecular flexibility index (Phi) is 4.11. The Morgan fingerprint density at radius 1 is 1.11 bits per heavy atom. The number of benzene rings is 2. The van der Waals surface area contributed by atoms with Crippen molar-refractivity contribution < 1.29 is 4.92 Å². The van der Waals surface area contributed by atoms with E-state index in [0.29, 0.717) is 10.0 Å². The van der Waals surface area contributed by atoms with Crippen molar-refractivity contribution in [2.24, 2.45) is 0 Å². The first-order chi connectivity index (χ1) is 8.56. The van der Waals surface area contributed by atoms with Crippen LogP contribution < -0.4 is 0 Å². The number of hydrogen-bond donors (Lipinski definition) is 0. The first-order valence-corrected chi connectivity index (χ1v) is 6.51. The van der Waals surface area contributed by atoms with Crippen molar-refractivity contribution >= 4 is 40.7 Å². The third-order valence-corrected chi connectivity index (χ3v) is 3.88. The predicted molar refractivity (Wildman–Crippen MR) is 73.7 cm³/mol. The van der Waals surface area contributed by atoms with Crippen molar-refractivity contribution in [3.63, 3.8) is 0 Å². The van der Waals surface area contributed by atoms with Crippen molar-refractivity contribution in [3.8, 4) is 0 Å². The fourth-order valence-corrected chi connectivity index (χ4v) is 2.77. The lowest BCUT2D eigenvalue weighted by Gasteiger charge is -2.04. The van der Waals surface area contributed by atoms with Gasteiger partial charge in [0.25, 0.3) is 5.69 Å². The monoisotopic (exact) mass is 299 g/mol. The molecule has 2 aromatic carbocycles. The molecule has 0 aliphatic carbocycles. The van der Waals surface area contributed by atoms with Gasteiger partial charge in [0.15, 0.2) is 0 Å². The fraction of sp³-hybridized carbons (Fsp3) is 0. The summed E-state index contributed by atoms with van der Waals surface area (Å²) in [5.41, 5.74) is -0.0181. The van der Waals surface area contributed by atoms with Gasteiger partial charge in [-0.25, -0.2) is 0 Å². The van der Waals surface area contributed by atoms with Crippen LogP contribution in [0.3, 0.4) is 0 Å². The Morgan fingerprint density at radius 3 is 2.50 bits per heavy atom. The summed E-state index contributed by atoms with van der Waals surface area (Å²) in [6.07, 6.45) is 0. The molecule has 0 heterocycles. The van der Waals surface area contributed by atoms with Gasteiger partial charge in [0, 0.05) is 26.9 Å². The molecule has 0 aliphatic heterocycles. The maximum Gasteiger partial charge on any atom is 0.270 e. The van der Waals surface area contributed by atoms with Crippen molar-refractivity contribution in [1.29, 1.82) is 0 Å². The highest BCUT2D eigenvalue weighted by atomic mass is 35.5. The SMILES string of the molecule is O=[N+]([O-])c1ccc(Sc2cccc(Cl)c2)c(Cl)c1. The van der Waals surface area contributed by atoms with E-state index >= 15 is 0 Å². The first kappa shape index (κ1) is 13.2. The molecule has 2 aromatic rings. The molecule has 0 unspecified atom stereocenters. The molecule has 0 N–H and O–H groups in total. The molecular formula is C12H7Cl2NO2S. The number of nitro benzene ring substituents is 1. The minimum absolute atomic E-state index is 0.0181. The Hall–Kier alpha value is -1.23. The van der Waals surface area contributed by atoms with Gasteiger partial charge in [0.1, 0.15) is 0 Å². The third-order valence-electron chi connectivity index (χ3n) is 2.15. The van der Waals surface area contributed by atoms with Gasteiger partial charge < -0.3 is 0 Å². The van der Waals surface area contributed by atoms with E-state index in [4.69, 9.17) is 23.2 Å². The molecule has 0 saturated carbocycles. The third kappa shape index (κ3) is 3.16. The molecule has 3 nitrogen and oxygen atoms in total. The standard InChI is InChI=1S/C12H7Cl2NO2S/c13-8-2-1-3-10(6-8)18-12-5-4-9(15(16)17)7-11(12)14/h1-7H. The zero-order valence-corrected chi connectivity index (χ0v) is 11.3. The van der Waals surface area contributed by atoms with E-state index in [1.54, 1.807) is 12.1 Å². The minimum atomic E-state index is -0.473. The average molecular weight is 300 g/mol. The first-order valence-electron chi connectivity index (χ1n) is 4.93. The lowest BCUT2D eigenvalue weighted by atomic mass is 10.3. The van der Waals surface area contributed by atoms with Gasteiger partial charge >= 0.3 is 0 Å². The van der Waals surface area contributed by atoms with E-state index in [9.17, 15) is 10.1 Å². The van der Waals surface area contributed by atoms with E-state index < -0.39 is 4.92 Å². The van der Waals surface area contributed by atoms with E-state index in [2.05, 4.69) is 0 Å². The smallest absolute Gasteiger partial charge is 0.258 e. The molecule has 6 heteroatoms. The molecule has 0 aliphatic rings. The molecule has 0 fully saturated rings. The highest BCUT2D eigenvalue weighted by molar-refractivity contribution is 7.99. The number of halogens is 2. The summed E-state index contributed by atoms with van der Waals surface area (Å²) in [5, 5.41) is 11.6. The Labute approximate surface area is 118 Å². The quantitative estimate of drug-likeness (QED) is 0.588. The molecular weight excluding hydrogens is 293 g/mol. The predicted octanol–water partition coefficient (Wildman–Crippen LogP) is 5.05.